The number of carbonyl (C=O) groups excluding carboxylic acids is 2. The van der Waals surface area contributed by atoms with Gasteiger partial charge in [0.05, 0.1) is 18.5 Å². The number of carbonyl (C=O) groups is 2. The zero-order valence-corrected chi connectivity index (χ0v) is 21.5. The third kappa shape index (κ3) is 4.79. The summed E-state index contributed by atoms with van der Waals surface area (Å²) in [6.07, 6.45) is -4.64. The van der Waals surface area contributed by atoms with Crippen molar-refractivity contribution in [2.45, 2.75) is 57.4 Å². The van der Waals surface area contributed by atoms with Gasteiger partial charge in [-0.2, -0.15) is 9.97 Å². The van der Waals surface area contributed by atoms with Gasteiger partial charge in [-0.25, -0.2) is 14.2 Å². The normalized spacial score (nSPS) is 23.9. The molecule has 1 aliphatic heterocycles. The van der Waals surface area contributed by atoms with Crippen molar-refractivity contribution in [2.24, 2.45) is 5.92 Å². The quantitative estimate of drug-likeness (QED) is 0.301. The number of halogens is 1. The number of hydrogen-bond donors (Lipinski definition) is 4. The first-order valence-electron chi connectivity index (χ1n) is 12.3. The number of anilines is 2. The maximum Gasteiger partial charge on any atom is 0.338 e. The molecule has 0 radical (unpaired) electrons. The van der Waals surface area contributed by atoms with Crippen molar-refractivity contribution < 1.29 is 33.7 Å². The molecule has 0 aliphatic carbocycles. The van der Waals surface area contributed by atoms with E-state index in [1.807, 2.05) is 0 Å². The number of alkyl halides is 1. The maximum atomic E-state index is 17.0. The van der Waals surface area contributed by atoms with Crippen LogP contribution < -0.4 is 10.6 Å². The number of benzene rings is 1. The zero-order chi connectivity index (χ0) is 27.6. The van der Waals surface area contributed by atoms with Crippen molar-refractivity contribution in [3.05, 3.63) is 42.2 Å². The van der Waals surface area contributed by atoms with Gasteiger partial charge >= 0.3 is 5.97 Å². The number of nitrogens with one attached hydrogen (secondary N) is 2. The van der Waals surface area contributed by atoms with E-state index in [4.69, 9.17) is 9.47 Å². The van der Waals surface area contributed by atoms with Crippen LogP contribution in [0.25, 0.3) is 11.2 Å². The molecule has 2 aromatic heterocycles. The lowest BCUT2D eigenvalue weighted by Gasteiger charge is -2.34. The molecule has 0 spiro atoms. The fraction of sp³-hybridized carbons (Fsp3) is 0.480. The summed E-state index contributed by atoms with van der Waals surface area (Å²) in [5.41, 5.74) is -2.26. The number of nitrogens with zero attached hydrogens (tertiary/aromatic N) is 4. The first-order chi connectivity index (χ1) is 18.1. The predicted molar refractivity (Wildman–Crippen MR) is 135 cm³/mol. The highest BCUT2D eigenvalue weighted by atomic mass is 19.1. The molecule has 38 heavy (non-hydrogen) atoms. The zero-order valence-electron chi connectivity index (χ0n) is 21.5. The monoisotopic (exact) mass is 530 g/mol. The van der Waals surface area contributed by atoms with Crippen LogP contribution in [-0.2, 0) is 14.3 Å². The van der Waals surface area contributed by atoms with Gasteiger partial charge < -0.3 is 25.0 Å². The van der Waals surface area contributed by atoms with Crippen LogP contribution in [0.15, 0.2) is 36.7 Å². The third-order valence-electron chi connectivity index (χ3n) is 6.46. The first kappa shape index (κ1) is 27.4. The molecule has 204 valence electrons. The minimum Gasteiger partial charge on any atom is -0.452 e. The Morgan fingerprint density at radius 1 is 1.26 bits per heavy atom. The van der Waals surface area contributed by atoms with Crippen molar-refractivity contribution in [3.63, 3.8) is 0 Å². The van der Waals surface area contributed by atoms with E-state index in [2.05, 4.69) is 25.6 Å². The molecule has 3 aromatic rings. The van der Waals surface area contributed by atoms with E-state index >= 15 is 4.39 Å². The summed E-state index contributed by atoms with van der Waals surface area (Å²) in [6, 6.07) is 8.04. The molecular formula is C25H31FN6O6. The molecule has 0 saturated carbocycles. The third-order valence-corrected chi connectivity index (χ3v) is 6.46. The Kier molecular flexibility index (Phi) is 7.90. The molecular weight excluding hydrogens is 499 g/mol. The van der Waals surface area contributed by atoms with Crippen LogP contribution in [-0.4, -0.2) is 79.2 Å². The second-order valence-electron chi connectivity index (χ2n) is 9.27. The summed E-state index contributed by atoms with van der Waals surface area (Å²) in [4.78, 5) is 38.1. The molecule has 1 saturated heterocycles. The van der Waals surface area contributed by atoms with Gasteiger partial charge in [-0.05, 0) is 18.6 Å². The molecule has 4 N–H and O–H groups in total. The van der Waals surface area contributed by atoms with Crippen molar-refractivity contribution >= 4 is 34.8 Å². The molecule has 4 rings (SSSR count). The predicted octanol–water partition coefficient (Wildman–Crippen LogP) is 2.06. The summed E-state index contributed by atoms with van der Waals surface area (Å²) >= 11 is 0. The van der Waals surface area contributed by atoms with E-state index in [1.165, 1.54) is 23.0 Å². The van der Waals surface area contributed by atoms with Gasteiger partial charge in [-0.1, -0.05) is 39.0 Å². The fourth-order valence-corrected chi connectivity index (χ4v) is 4.35. The summed E-state index contributed by atoms with van der Waals surface area (Å²) in [5.74, 6) is -1.27. The number of ether oxygens (including phenoxy) is 2. The molecule has 1 aromatic carbocycles. The average molecular weight is 531 g/mol. The SMILES string of the molecule is CC[C@H]1O[C@@H](n2cnc3c(NC)nc(NC(=O)C(C)C)nc32)[C@@](F)(C(O)CO)C1OC(=O)c1ccccc1. The van der Waals surface area contributed by atoms with E-state index in [1.54, 1.807) is 46.0 Å². The van der Waals surface area contributed by atoms with Crippen molar-refractivity contribution in [1.82, 2.24) is 19.5 Å². The highest BCUT2D eigenvalue weighted by molar-refractivity contribution is 5.92. The van der Waals surface area contributed by atoms with Crippen LogP contribution >= 0.6 is 0 Å². The molecule has 0 bridgehead atoms. The number of aliphatic hydroxyl groups is 2. The van der Waals surface area contributed by atoms with E-state index in [9.17, 15) is 19.8 Å². The Morgan fingerprint density at radius 3 is 2.58 bits per heavy atom. The van der Waals surface area contributed by atoms with Gasteiger partial charge in [0.25, 0.3) is 0 Å². The second-order valence-corrected chi connectivity index (χ2v) is 9.27. The number of hydrogen-bond acceptors (Lipinski definition) is 10. The Bertz CT molecular complexity index is 1300. The lowest BCUT2D eigenvalue weighted by Crippen LogP contribution is -2.54. The minimum atomic E-state index is -2.79. The van der Waals surface area contributed by atoms with Gasteiger partial charge in [0.2, 0.25) is 17.5 Å². The Balaban J connectivity index is 1.80. The van der Waals surface area contributed by atoms with Crippen LogP contribution in [0, 0.1) is 5.92 Å². The topological polar surface area (TPSA) is 161 Å². The van der Waals surface area contributed by atoms with E-state index in [-0.39, 0.29) is 46.7 Å². The Hall–Kier alpha value is -3.68. The van der Waals surface area contributed by atoms with Crippen LogP contribution in [0.3, 0.4) is 0 Å². The van der Waals surface area contributed by atoms with Gasteiger partial charge in [-0.15, -0.1) is 0 Å². The Labute approximate surface area is 218 Å². The largest absolute Gasteiger partial charge is 0.452 e. The summed E-state index contributed by atoms with van der Waals surface area (Å²) in [5, 5.41) is 26.0. The van der Waals surface area contributed by atoms with Gasteiger partial charge in [0.15, 0.2) is 29.3 Å². The summed E-state index contributed by atoms with van der Waals surface area (Å²) in [6.45, 7) is 4.16. The molecule has 1 aliphatic rings. The van der Waals surface area contributed by atoms with Crippen LogP contribution in [0.2, 0.25) is 0 Å². The van der Waals surface area contributed by atoms with Crippen molar-refractivity contribution in [3.8, 4) is 0 Å². The number of aliphatic hydroxyl groups excluding tert-OH is 2. The van der Waals surface area contributed by atoms with E-state index in [0.29, 0.717) is 0 Å². The standard InChI is InChI=1S/C25H31FN6O6/c1-5-15-18(38-22(36)14-9-7-6-8-10-14)25(26,16(34)11-33)23(37-15)32-12-28-17-19(27-4)29-24(30-20(17)32)31-21(35)13(2)3/h6-10,12-13,15-16,18,23,33-34H,5,11H2,1-4H3,(H2,27,29,30,31,35)/t15-,16?,18?,23-,25-/m1/s1. The average Bonchev–Trinajstić information content (AvgIpc) is 3.46. The number of rotatable bonds is 9. The van der Waals surface area contributed by atoms with Crippen LogP contribution in [0.5, 0.6) is 0 Å². The smallest absolute Gasteiger partial charge is 0.338 e. The second kappa shape index (κ2) is 11.0. The number of aromatic nitrogens is 4. The maximum absolute atomic E-state index is 17.0. The summed E-state index contributed by atoms with van der Waals surface area (Å²) < 4.78 is 29.9. The highest BCUT2D eigenvalue weighted by Crippen LogP contribution is 2.47. The lowest BCUT2D eigenvalue weighted by atomic mass is 9.89. The number of esters is 1. The highest BCUT2D eigenvalue weighted by Gasteiger charge is 2.64. The van der Waals surface area contributed by atoms with Crippen molar-refractivity contribution in [2.75, 3.05) is 24.3 Å². The molecule has 1 fully saturated rings. The molecule has 5 atom stereocenters. The first-order valence-corrected chi connectivity index (χ1v) is 12.3. The molecule has 3 heterocycles. The lowest BCUT2D eigenvalue weighted by molar-refractivity contribution is -0.134. The Morgan fingerprint density at radius 2 is 1.97 bits per heavy atom. The van der Waals surface area contributed by atoms with Crippen LogP contribution in [0.4, 0.5) is 16.2 Å². The molecule has 12 nitrogen and oxygen atoms in total. The molecule has 2 unspecified atom stereocenters. The van der Waals surface area contributed by atoms with Gasteiger partial charge in [-0.3, -0.25) is 14.7 Å². The fourth-order valence-electron chi connectivity index (χ4n) is 4.35. The van der Waals surface area contributed by atoms with Crippen LogP contribution in [0.1, 0.15) is 43.8 Å². The molecule has 13 heteroatoms. The summed E-state index contributed by atoms with van der Waals surface area (Å²) in [7, 11) is 1.60. The van der Waals surface area contributed by atoms with E-state index in [0.717, 1.165) is 0 Å². The minimum absolute atomic E-state index is 0.0495. The number of imidazole rings is 1. The van der Waals surface area contributed by atoms with E-state index < -0.39 is 42.8 Å². The number of fused-ring (bicyclic) bond motifs is 1. The van der Waals surface area contributed by atoms with Gasteiger partial charge in [0, 0.05) is 13.0 Å². The van der Waals surface area contributed by atoms with Crippen molar-refractivity contribution in [1.29, 1.82) is 0 Å². The van der Waals surface area contributed by atoms with Gasteiger partial charge in [0.1, 0.15) is 12.2 Å². The number of amides is 1. The molecule has 1 amide bonds.